The van der Waals surface area contributed by atoms with Crippen molar-refractivity contribution in [2.24, 2.45) is 0 Å². The monoisotopic (exact) mass is 278 g/mol. The van der Waals surface area contributed by atoms with Gasteiger partial charge in [-0.3, -0.25) is 4.90 Å². The van der Waals surface area contributed by atoms with Crippen molar-refractivity contribution < 1.29 is 4.39 Å². The van der Waals surface area contributed by atoms with Crippen molar-refractivity contribution in [3.63, 3.8) is 0 Å². The summed E-state index contributed by atoms with van der Waals surface area (Å²) >= 11 is 0. The molecule has 3 heteroatoms. The Balaban J connectivity index is 2.17. The summed E-state index contributed by atoms with van der Waals surface area (Å²) < 4.78 is 14.2. The summed E-state index contributed by atoms with van der Waals surface area (Å²) in [7, 11) is 0. The van der Waals surface area contributed by atoms with E-state index in [4.69, 9.17) is 0 Å². The van der Waals surface area contributed by atoms with Gasteiger partial charge in [-0.05, 0) is 19.4 Å². The molecule has 0 aliphatic carbocycles. The van der Waals surface area contributed by atoms with Gasteiger partial charge in [-0.15, -0.1) is 0 Å². The second-order valence-corrected chi connectivity index (χ2v) is 5.82. The molecule has 1 saturated heterocycles. The van der Waals surface area contributed by atoms with Crippen molar-refractivity contribution in [3.8, 4) is 0 Å². The molecule has 20 heavy (non-hydrogen) atoms. The Morgan fingerprint density at radius 1 is 1.25 bits per heavy atom. The molecule has 1 aromatic rings. The zero-order valence-electron chi connectivity index (χ0n) is 12.8. The molecule has 0 bridgehead atoms. The zero-order valence-corrected chi connectivity index (χ0v) is 12.8. The molecule has 2 nitrogen and oxygen atoms in total. The van der Waals surface area contributed by atoms with Crippen LogP contribution in [-0.4, -0.2) is 31.1 Å². The second kappa shape index (κ2) is 7.75. The number of halogens is 1. The minimum atomic E-state index is -0.0457. The van der Waals surface area contributed by atoms with Crippen LogP contribution in [-0.2, 0) is 0 Å². The summed E-state index contributed by atoms with van der Waals surface area (Å²) in [6, 6.07) is 5.76. The van der Waals surface area contributed by atoms with Gasteiger partial charge in [0.1, 0.15) is 5.82 Å². The normalized spacial score (nSPS) is 18.1. The van der Waals surface area contributed by atoms with Gasteiger partial charge in [-0.1, -0.05) is 43.9 Å². The van der Waals surface area contributed by atoms with Crippen molar-refractivity contribution in [1.29, 1.82) is 0 Å². The van der Waals surface area contributed by atoms with E-state index in [1.54, 1.807) is 6.07 Å². The van der Waals surface area contributed by atoms with Crippen molar-refractivity contribution in [2.45, 2.75) is 45.6 Å². The topological polar surface area (TPSA) is 15.3 Å². The van der Waals surface area contributed by atoms with Crippen LogP contribution in [0.5, 0.6) is 0 Å². The maximum absolute atomic E-state index is 14.2. The first kappa shape index (κ1) is 15.5. The number of unbranched alkanes of at least 4 members (excludes halogenated alkanes) is 2. The van der Waals surface area contributed by atoms with E-state index in [1.165, 1.54) is 19.3 Å². The van der Waals surface area contributed by atoms with Crippen molar-refractivity contribution in [2.75, 3.05) is 26.2 Å². The van der Waals surface area contributed by atoms with Crippen LogP contribution in [0.25, 0.3) is 0 Å². The van der Waals surface area contributed by atoms with Gasteiger partial charge < -0.3 is 5.32 Å². The molecule has 0 saturated carbocycles. The zero-order chi connectivity index (χ0) is 14.4. The maximum Gasteiger partial charge on any atom is 0.128 e. The molecule has 1 aliphatic rings. The number of rotatable bonds is 6. The third kappa shape index (κ3) is 4.03. The number of nitrogens with one attached hydrogen (secondary N) is 1. The second-order valence-electron chi connectivity index (χ2n) is 5.82. The number of benzene rings is 1. The van der Waals surface area contributed by atoms with Gasteiger partial charge in [-0.2, -0.15) is 0 Å². The van der Waals surface area contributed by atoms with Crippen molar-refractivity contribution in [3.05, 3.63) is 35.1 Å². The Morgan fingerprint density at radius 2 is 2.00 bits per heavy atom. The fraction of sp³-hybridized carbons (Fsp3) is 0.647. The van der Waals surface area contributed by atoms with Crippen LogP contribution in [0.15, 0.2) is 18.2 Å². The molecular formula is C17H27FN2. The average molecular weight is 278 g/mol. The number of nitrogens with zero attached hydrogens (tertiary/aromatic N) is 1. The molecule has 2 rings (SSSR count). The van der Waals surface area contributed by atoms with Crippen LogP contribution >= 0.6 is 0 Å². The molecular weight excluding hydrogens is 251 g/mol. The van der Waals surface area contributed by atoms with E-state index >= 15 is 0 Å². The summed E-state index contributed by atoms with van der Waals surface area (Å²) in [5.74, 6) is -0.0457. The smallest absolute Gasteiger partial charge is 0.128 e. The molecule has 0 radical (unpaired) electrons. The minimum absolute atomic E-state index is 0.0457. The summed E-state index contributed by atoms with van der Waals surface area (Å²) in [5.41, 5.74) is 2.04. The van der Waals surface area contributed by atoms with Crippen molar-refractivity contribution in [1.82, 2.24) is 10.2 Å². The predicted molar refractivity (Wildman–Crippen MR) is 82.5 cm³/mol. The SMILES string of the molecule is CCCCC[C@H](c1cc(C)ccc1F)N1CCNCC1. The first-order valence-electron chi connectivity index (χ1n) is 7.93. The molecule has 112 valence electrons. The third-order valence-electron chi connectivity index (χ3n) is 4.18. The van der Waals surface area contributed by atoms with Gasteiger partial charge in [0.2, 0.25) is 0 Å². The Morgan fingerprint density at radius 3 is 2.70 bits per heavy atom. The highest BCUT2D eigenvalue weighted by atomic mass is 19.1. The Hall–Kier alpha value is -0.930. The highest BCUT2D eigenvalue weighted by Crippen LogP contribution is 2.29. The molecule has 0 spiro atoms. The molecule has 1 fully saturated rings. The Labute approximate surface area is 122 Å². The predicted octanol–water partition coefficient (Wildman–Crippen LogP) is 3.66. The average Bonchev–Trinajstić information content (AvgIpc) is 2.48. The van der Waals surface area contributed by atoms with Gasteiger partial charge in [0.15, 0.2) is 0 Å². The molecule has 1 N–H and O–H groups in total. The Bertz CT molecular complexity index is 413. The fourth-order valence-corrected chi connectivity index (χ4v) is 3.03. The van der Waals surface area contributed by atoms with Crippen molar-refractivity contribution >= 4 is 0 Å². The molecule has 1 heterocycles. The molecule has 0 amide bonds. The van der Waals surface area contributed by atoms with Crippen LogP contribution in [0.1, 0.15) is 49.8 Å². The quantitative estimate of drug-likeness (QED) is 0.799. The lowest BCUT2D eigenvalue weighted by Gasteiger charge is -2.35. The van der Waals surface area contributed by atoms with E-state index in [0.29, 0.717) is 0 Å². The van der Waals surface area contributed by atoms with Crippen LogP contribution in [0, 0.1) is 12.7 Å². The lowest BCUT2D eigenvalue weighted by atomic mass is 9.96. The van der Waals surface area contributed by atoms with Gasteiger partial charge in [0.25, 0.3) is 0 Å². The number of hydrogen-bond donors (Lipinski definition) is 1. The highest BCUT2D eigenvalue weighted by Gasteiger charge is 2.24. The lowest BCUT2D eigenvalue weighted by Crippen LogP contribution is -2.45. The van der Waals surface area contributed by atoms with Gasteiger partial charge in [0, 0.05) is 37.8 Å². The van der Waals surface area contributed by atoms with E-state index in [-0.39, 0.29) is 11.9 Å². The number of piperazine rings is 1. The summed E-state index contributed by atoms with van der Waals surface area (Å²) in [6.45, 7) is 8.32. The summed E-state index contributed by atoms with van der Waals surface area (Å²) in [5, 5.41) is 3.38. The largest absolute Gasteiger partial charge is 0.314 e. The summed E-state index contributed by atoms with van der Waals surface area (Å²) in [4.78, 5) is 2.45. The number of aryl methyl sites for hydroxylation is 1. The van der Waals surface area contributed by atoms with Gasteiger partial charge in [0.05, 0.1) is 0 Å². The van der Waals surface area contributed by atoms with E-state index < -0.39 is 0 Å². The van der Waals surface area contributed by atoms with Gasteiger partial charge >= 0.3 is 0 Å². The highest BCUT2D eigenvalue weighted by molar-refractivity contribution is 5.27. The van der Waals surface area contributed by atoms with Crippen LogP contribution in [0.3, 0.4) is 0 Å². The number of hydrogen-bond acceptors (Lipinski definition) is 2. The van der Waals surface area contributed by atoms with E-state index in [0.717, 1.165) is 43.7 Å². The Kier molecular flexibility index (Phi) is 5.99. The lowest BCUT2D eigenvalue weighted by molar-refractivity contribution is 0.159. The van der Waals surface area contributed by atoms with Crippen LogP contribution < -0.4 is 5.32 Å². The standard InChI is InChI=1S/C17H27FN2/c1-3-4-5-6-17(20-11-9-19-10-12-20)15-13-14(2)7-8-16(15)18/h7-8,13,17,19H,3-6,9-12H2,1-2H3/t17-/m1/s1. The van der Waals surface area contributed by atoms with E-state index in [9.17, 15) is 4.39 Å². The summed E-state index contributed by atoms with van der Waals surface area (Å²) in [6.07, 6.45) is 4.69. The third-order valence-corrected chi connectivity index (χ3v) is 4.18. The van der Waals surface area contributed by atoms with Crippen LogP contribution in [0.4, 0.5) is 4.39 Å². The molecule has 1 atom stereocenters. The molecule has 0 aromatic heterocycles. The van der Waals surface area contributed by atoms with Crippen LogP contribution in [0.2, 0.25) is 0 Å². The van der Waals surface area contributed by atoms with E-state index in [2.05, 4.69) is 17.1 Å². The minimum Gasteiger partial charge on any atom is -0.314 e. The van der Waals surface area contributed by atoms with Gasteiger partial charge in [-0.25, -0.2) is 4.39 Å². The molecule has 0 unspecified atom stereocenters. The fourth-order valence-electron chi connectivity index (χ4n) is 3.03. The molecule has 1 aromatic carbocycles. The maximum atomic E-state index is 14.2. The first-order chi connectivity index (χ1) is 9.72. The first-order valence-corrected chi connectivity index (χ1v) is 7.93. The van der Waals surface area contributed by atoms with E-state index in [1.807, 2.05) is 19.1 Å². The molecule has 1 aliphatic heterocycles.